The van der Waals surface area contributed by atoms with E-state index in [1.54, 1.807) is 6.08 Å². The van der Waals surface area contributed by atoms with Gasteiger partial charge in [-0.05, 0) is 39.7 Å². The summed E-state index contributed by atoms with van der Waals surface area (Å²) in [5.41, 5.74) is 1.74. The molecule has 0 aromatic heterocycles. The minimum absolute atomic E-state index is 0.0735. The SMILES string of the molecule is O=C1C=Cc2cc(Br)cc(Br)c21. The molecule has 0 aliphatic heterocycles. The van der Waals surface area contributed by atoms with Crippen molar-refractivity contribution in [3.05, 3.63) is 38.3 Å². The number of rotatable bonds is 0. The van der Waals surface area contributed by atoms with Crippen molar-refractivity contribution in [1.29, 1.82) is 0 Å². The summed E-state index contributed by atoms with van der Waals surface area (Å²) >= 11 is 6.71. The lowest BCUT2D eigenvalue weighted by Gasteiger charge is -2.01. The van der Waals surface area contributed by atoms with Crippen LogP contribution in [0.4, 0.5) is 0 Å². The largest absolute Gasteiger partial charge is 0.289 e. The predicted octanol–water partition coefficient (Wildman–Crippen LogP) is 3.42. The second kappa shape index (κ2) is 2.82. The van der Waals surface area contributed by atoms with Crippen LogP contribution in [0.15, 0.2) is 27.2 Å². The van der Waals surface area contributed by atoms with E-state index in [-0.39, 0.29) is 5.78 Å². The first-order valence-electron chi connectivity index (χ1n) is 3.40. The van der Waals surface area contributed by atoms with Gasteiger partial charge in [-0.2, -0.15) is 0 Å². The third-order valence-corrected chi connectivity index (χ3v) is 2.83. The molecule has 1 aliphatic carbocycles. The number of hydrogen-bond donors (Lipinski definition) is 0. The lowest BCUT2D eigenvalue weighted by molar-refractivity contribution is 0.104. The molecule has 0 N–H and O–H groups in total. The first-order valence-corrected chi connectivity index (χ1v) is 4.98. The molecule has 0 atom stereocenters. The molecule has 0 saturated carbocycles. The maximum Gasteiger partial charge on any atom is 0.187 e. The van der Waals surface area contributed by atoms with Crippen LogP contribution in [0.2, 0.25) is 0 Å². The van der Waals surface area contributed by atoms with Crippen LogP contribution in [-0.2, 0) is 0 Å². The molecule has 0 unspecified atom stereocenters. The number of carbonyl (C=O) groups excluding carboxylic acids is 1. The second-order valence-electron chi connectivity index (χ2n) is 2.55. The van der Waals surface area contributed by atoms with Gasteiger partial charge in [0, 0.05) is 14.5 Å². The van der Waals surface area contributed by atoms with Crippen LogP contribution in [0.25, 0.3) is 6.08 Å². The fraction of sp³-hybridized carbons (Fsp3) is 0. The highest BCUT2D eigenvalue weighted by molar-refractivity contribution is 9.11. The fourth-order valence-corrected chi connectivity index (χ4v) is 2.69. The number of carbonyl (C=O) groups is 1. The Labute approximate surface area is 86.7 Å². The molecule has 1 aliphatic rings. The molecule has 0 heterocycles. The van der Waals surface area contributed by atoms with Gasteiger partial charge in [0.05, 0.1) is 0 Å². The van der Waals surface area contributed by atoms with E-state index in [1.807, 2.05) is 18.2 Å². The van der Waals surface area contributed by atoms with E-state index in [2.05, 4.69) is 31.9 Å². The van der Waals surface area contributed by atoms with Gasteiger partial charge in [0.15, 0.2) is 5.78 Å². The Balaban J connectivity index is 2.74. The number of ketones is 1. The van der Waals surface area contributed by atoms with E-state index >= 15 is 0 Å². The molecular weight excluding hydrogens is 284 g/mol. The van der Waals surface area contributed by atoms with Gasteiger partial charge in [-0.15, -0.1) is 0 Å². The Bertz CT molecular complexity index is 394. The number of allylic oxidation sites excluding steroid dienone is 1. The predicted molar refractivity (Wildman–Crippen MR) is 55.2 cm³/mol. The van der Waals surface area contributed by atoms with E-state index < -0.39 is 0 Å². The van der Waals surface area contributed by atoms with E-state index in [0.29, 0.717) is 0 Å². The summed E-state index contributed by atoms with van der Waals surface area (Å²) < 4.78 is 1.83. The normalized spacial score (nSPS) is 13.7. The zero-order valence-electron chi connectivity index (χ0n) is 5.97. The smallest absolute Gasteiger partial charge is 0.187 e. The van der Waals surface area contributed by atoms with Crippen LogP contribution in [0.5, 0.6) is 0 Å². The summed E-state index contributed by atoms with van der Waals surface area (Å²) in [7, 11) is 0. The van der Waals surface area contributed by atoms with Gasteiger partial charge in [-0.25, -0.2) is 0 Å². The molecule has 0 spiro atoms. The Kier molecular flexibility index (Phi) is 1.93. The molecule has 0 bridgehead atoms. The highest BCUT2D eigenvalue weighted by Gasteiger charge is 2.17. The Morgan fingerprint density at radius 2 is 1.83 bits per heavy atom. The molecule has 2 rings (SSSR count). The van der Waals surface area contributed by atoms with Gasteiger partial charge in [-0.3, -0.25) is 4.79 Å². The molecule has 12 heavy (non-hydrogen) atoms. The Morgan fingerprint density at radius 1 is 1.08 bits per heavy atom. The van der Waals surface area contributed by atoms with Gasteiger partial charge in [-0.1, -0.05) is 22.0 Å². The standard InChI is InChI=1S/C9H4Br2O/c10-6-3-5-1-2-8(12)9(5)7(11)4-6/h1-4H. The summed E-state index contributed by atoms with van der Waals surface area (Å²) in [5, 5.41) is 0. The van der Waals surface area contributed by atoms with Crippen LogP contribution in [0.3, 0.4) is 0 Å². The van der Waals surface area contributed by atoms with Crippen molar-refractivity contribution >= 4 is 43.7 Å². The average molecular weight is 288 g/mol. The first-order chi connectivity index (χ1) is 5.68. The van der Waals surface area contributed by atoms with E-state index in [4.69, 9.17) is 0 Å². The van der Waals surface area contributed by atoms with Gasteiger partial charge < -0.3 is 0 Å². The molecular formula is C9H4Br2O. The minimum Gasteiger partial charge on any atom is -0.289 e. The maximum absolute atomic E-state index is 11.3. The molecule has 1 aromatic rings. The Hall–Kier alpha value is -0.410. The molecule has 3 heteroatoms. The second-order valence-corrected chi connectivity index (χ2v) is 4.32. The van der Waals surface area contributed by atoms with Crippen LogP contribution in [0, 0.1) is 0 Å². The van der Waals surface area contributed by atoms with Crippen LogP contribution in [0.1, 0.15) is 15.9 Å². The maximum atomic E-state index is 11.3. The van der Waals surface area contributed by atoms with Crippen molar-refractivity contribution in [1.82, 2.24) is 0 Å². The number of halogens is 2. The number of fused-ring (bicyclic) bond motifs is 1. The van der Waals surface area contributed by atoms with Gasteiger partial charge in [0.25, 0.3) is 0 Å². The lowest BCUT2D eigenvalue weighted by Crippen LogP contribution is -1.92. The molecule has 0 fully saturated rings. The highest BCUT2D eigenvalue weighted by atomic mass is 79.9. The summed E-state index contributed by atoms with van der Waals surface area (Å²) in [4.78, 5) is 11.3. The van der Waals surface area contributed by atoms with Gasteiger partial charge >= 0.3 is 0 Å². The van der Waals surface area contributed by atoms with Crippen molar-refractivity contribution < 1.29 is 4.79 Å². The number of benzene rings is 1. The molecule has 0 saturated heterocycles. The van der Waals surface area contributed by atoms with Crippen molar-refractivity contribution in [3.63, 3.8) is 0 Å². The van der Waals surface area contributed by atoms with Crippen molar-refractivity contribution in [3.8, 4) is 0 Å². The van der Waals surface area contributed by atoms with Crippen molar-refractivity contribution in [2.24, 2.45) is 0 Å². The van der Waals surface area contributed by atoms with Crippen molar-refractivity contribution in [2.75, 3.05) is 0 Å². The third-order valence-electron chi connectivity index (χ3n) is 1.75. The van der Waals surface area contributed by atoms with Gasteiger partial charge in [0.2, 0.25) is 0 Å². The summed E-state index contributed by atoms with van der Waals surface area (Å²) in [6.45, 7) is 0. The lowest BCUT2D eigenvalue weighted by atomic mass is 10.1. The average Bonchev–Trinajstić information content (AvgIpc) is 2.31. The summed E-state index contributed by atoms with van der Waals surface area (Å²) in [5.74, 6) is 0.0735. The fourth-order valence-electron chi connectivity index (χ4n) is 1.23. The summed E-state index contributed by atoms with van der Waals surface area (Å²) in [6.07, 6.45) is 3.41. The van der Waals surface area contributed by atoms with Crippen LogP contribution < -0.4 is 0 Å². The van der Waals surface area contributed by atoms with Crippen LogP contribution >= 0.6 is 31.9 Å². The zero-order chi connectivity index (χ0) is 8.72. The molecule has 60 valence electrons. The molecule has 1 nitrogen and oxygen atoms in total. The quantitative estimate of drug-likeness (QED) is 0.715. The highest BCUT2D eigenvalue weighted by Crippen LogP contribution is 2.30. The molecule has 0 amide bonds. The first kappa shape index (κ1) is 8.20. The third kappa shape index (κ3) is 1.17. The molecule has 0 radical (unpaired) electrons. The topological polar surface area (TPSA) is 17.1 Å². The van der Waals surface area contributed by atoms with Crippen LogP contribution in [-0.4, -0.2) is 5.78 Å². The number of hydrogen-bond acceptors (Lipinski definition) is 1. The summed E-state index contributed by atoms with van der Waals surface area (Å²) in [6, 6.07) is 3.81. The Morgan fingerprint density at radius 3 is 2.58 bits per heavy atom. The van der Waals surface area contributed by atoms with E-state index in [9.17, 15) is 4.79 Å². The van der Waals surface area contributed by atoms with E-state index in [1.165, 1.54) is 0 Å². The van der Waals surface area contributed by atoms with E-state index in [0.717, 1.165) is 20.1 Å². The monoisotopic (exact) mass is 286 g/mol. The minimum atomic E-state index is 0.0735. The van der Waals surface area contributed by atoms with Crippen molar-refractivity contribution in [2.45, 2.75) is 0 Å². The van der Waals surface area contributed by atoms with Gasteiger partial charge in [0.1, 0.15) is 0 Å². The molecule has 1 aromatic carbocycles. The zero-order valence-corrected chi connectivity index (χ0v) is 9.15.